The van der Waals surface area contributed by atoms with Gasteiger partial charge in [0.05, 0.1) is 5.56 Å². The maximum absolute atomic E-state index is 12.4. The minimum Gasteiger partial charge on any atom is -0.387 e. The summed E-state index contributed by atoms with van der Waals surface area (Å²) in [6.45, 7) is 3.03. The van der Waals surface area contributed by atoms with Gasteiger partial charge in [-0.1, -0.05) is 64.7 Å². The average Bonchev–Trinajstić information content (AvgIpc) is 2.65. The second-order valence-corrected chi connectivity index (χ2v) is 7.48. The fraction of sp³-hybridized carbons (Fsp3) is 0.667. The van der Waals surface area contributed by atoms with Crippen molar-refractivity contribution in [3.63, 3.8) is 0 Å². The Balaban J connectivity index is 2.15. The number of carbonyl (C=O) groups excluding carboxylic acids is 1. The molecule has 0 atom stereocenters. The van der Waals surface area contributed by atoms with Crippen LogP contribution in [0.15, 0.2) is 23.1 Å². The van der Waals surface area contributed by atoms with Crippen LogP contribution < -0.4 is 10.6 Å². The van der Waals surface area contributed by atoms with E-state index in [0.29, 0.717) is 0 Å². The Morgan fingerprint density at radius 2 is 1.56 bits per heavy atom. The van der Waals surface area contributed by atoms with Crippen LogP contribution in [0.25, 0.3) is 0 Å². The summed E-state index contributed by atoms with van der Waals surface area (Å²) in [6, 6.07) is 5.97. The summed E-state index contributed by atoms with van der Waals surface area (Å²) in [5.74, 6) is 0.0242. The number of rotatable bonds is 14. The highest BCUT2D eigenvalue weighted by Gasteiger charge is 2.11. The van der Waals surface area contributed by atoms with E-state index in [1.807, 2.05) is 31.5 Å². The Bertz CT molecular complexity index is 491. The topological polar surface area (TPSA) is 41.1 Å². The molecule has 1 aromatic rings. The van der Waals surface area contributed by atoms with E-state index in [2.05, 4.69) is 17.6 Å². The van der Waals surface area contributed by atoms with Crippen molar-refractivity contribution < 1.29 is 4.79 Å². The van der Waals surface area contributed by atoms with Gasteiger partial charge in [0.15, 0.2) is 0 Å². The molecular weight excluding hydrogens is 328 g/mol. The van der Waals surface area contributed by atoms with E-state index in [0.717, 1.165) is 29.1 Å². The molecular formula is C21H36N2OS. The van der Waals surface area contributed by atoms with Crippen LogP contribution in [0.1, 0.15) is 81.5 Å². The fourth-order valence-corrected chi connectivity index (χ4v) is 3.41. The van der Waals surface area contributed by atoms with Crippen LogP contribution in [-0.4, -0.2) is 25.8 Å². The van der Waals surface area contributed by atoms with Gasteiger partial charge in [-0.3, -0.25) is 4.79 Å². The quantitative estimate of drug-likeness (QED) is 0.309. The van der Waals surface area contributed by atoms with Crippen molar-refractivity contribution in [2.75, 3.05) is 25.2 Å². The first-order valence-electron chi connectivity index (χ1n) is 9.87. The molecule has 0 bridgehead atoms. The summed E-state index contributed by atoms with van der Waals surface area (Å²) in [5.41, 5.74) is 1.62. The minimum absolute atomic E-state index is 0.0242. The van der Waals surface area contributed by atoms with Crippen molar-refractivity contribution in [3.05, 3.63) is 23.8 Å². The zero-order valence-corrected chi connectivity index (χ0v) is 17.1. The molecule has 2 N–H and O–H groups in total. The van der Waals surface area contributed by atoms with Crippen LogP contribution >= 0.6 is 11.8 Å². The first-order chi connectivity index (χ1) is 12.2. The molecule has 1 amide bonds. The second kappa shape index (κ2) is 14.1. The lowest BCUT2D eigenvalue weighted by Gasteiger charge is -2.11. The molecule has 0 fully saturated rings. The van der Waals surface area contributed by atoms with Crippen molar-refractivity contribution >= 4 is 23.4 Å². The Labute approximate surface area is 158 Å². The summed E-state index contributed by atoms with van der Waals surface area (Å²) >= 11 is 1.66. The molecule has 25 heavy (non-hydrogen) atoms. The number of unbranched alkanes of at least 4 members (excludes halogenated alkanes) is 9. The monoisotopic (exact) mass is 364 g/mol. The van der Waals surface area contributed by atoms with Gasteiger partial charge in [-0.25, -0.2) is 0 Å². The van der Waals surface area contributed by atoms with Crippen molar-refractivity contribution in [2.24, 2.45) is 0 Å². The van der Waals surface area contributed by atoms with E-state index >= 15 is 0 Å². The molecule has 142 valence electrons. The molecule has 0 aliphatic rings. The number of carbonyl (C=O) groups is 1. The Morgan fingerprint density at radius 3 is 2.12 bits per heavy atom. The number of benzene rings is 1. The predicted octanol–water partition coefficient (Wildman–Crippen LogP) is 6.10. The summed E-state index contributed by atoms with van der Waals surface area (Å²) in [4.78, 5) is 13.5. The molecule has 1 aromatic carbocycles. The van der Waals surface area contributed by atoms with Crippen LogP contribution in [0.5, 0.6) is 0 Å². The molecule has 3 nitrogen and oxygen atoms in total. The summed E-state index contributed by atoms with van der Waals surface area (Å²) in [5, 5.41) is 6.16. The number of thioether (sulfide) groups is 1. The molecule has 0 saturated carbocycles. The van der Waals surface area contributed by atoms with Crippen LogP contribution in [-0.2, 0) is 0 Å². The average molecular weight is 365 g/mol. The van der Waals surface area contributed by atoms with Crippen molar-refractivity contribution in [3.8, 4) is 0 Å². The van der Waals surface area contributed by atoms with Gasteiger partial charge in [0.1, 0.15) is 0 Å². The minimum atomic E-state index is 0.0242. The smallest absolute Gasteiger partial charge is 0.253 e. The van der Waals surface area contributed by atoms with Gasteiger partial charge in [-0.05, 0) is 30.9 Å². The van der Waals surface area contributed by atoms with E-state index in [4.69, 9.17) is 0 Å². The van der Waals surface area contributed by atoms with Crippen LogP contribution in [0, 0.1) is 0 Å². The van der Waals surface area contributed by atoms with Crippen LogP contribution in [0.3, 0.4) is 0 Å². The lowest BCUT2D eigenvalue weighted by Crippen LogP contribution is -2.25. The second-order valence-electron chi connectivity index (χ2n) is 6.60. The van der Waals surface area contributed by atoms with E-state index in [9.17, 15) is 4.79 Å². The van der Waals surface area contributed by atoms with Gasteiger partial charge in [0.25, 0.3) is 5.91 Å². The summed E-state index contributed by atoms with van der Waals surface area (Å²) < 4.78 is 0. The largest absolute Gasteiger partial charge is 0.387 e. The molecule has 1 rings (SSSR count). The number of amides is 1. The van der Waals surface area contributed by atoms with Gasteiger partial charge >= 0.3 is 0 Å². The van der Waals surface area contributed by atoms with Crippen molar-refractivity contribution in [2.45, 2.75) is 76.0 Å². The molecule has 0 aliphatic carbocycles. The van der Waals surface area contributed by atoms with E-state index in [1.54, 1.807) is 11.8 Å². The maximum Gasteiger partial charge on any atom is 0.253 e. The number of hydrogen-bond acceptors (Lipinski definition) is 3. The third-order valence-electron chi connectivity index (χ3n) is 4.56. The highest BCUT2D eigenvalue weighted by molar-refractivity contribution is 7.98. The van der Waals surface area contributed by atoms with E-state index < -0.39 is 0 Å². The molecule has 0 heterocycles. The first-order valence-corrected chi connectivity index (χ1v) is 11.1. The van der Waals surface area contributed by atoms with Gasteiger partial charge in [-0.15, -0.1) is 11.8 Å². The molecule has 0 radical (unpaired) electrons. The van der Waals surface area contributed by atoms with Crippen LogP contribution in [0.4, 0.5) is 5.69 Å². The molecule has 4 heteroatoms. The lowest BCUT2D eigenvalue weighted by molar-refractivity contribution is 0.0953. The number of nitrogens with one attached hydrogen (secondary N) is 2. The van der Waals surface area contributed by atoms with Gasteiger partial charge in [0.2, 0.25) is 0 Å². The van der Waals surface area contributed by atoms with Crippen molar-refractivity contribution in [1.82, 2.24) is 5.32 Å². The predicted molar refractivity (Wildman–Crippen MR) is 112 cm³/mol. The zero-order chi connectivity index (χ0) is 18.3. The Hall–Kier alpha value is -1.16. The summed E-state index contributed by atoms with van der Waals surface area (Å²) in [7, 11) is 1.85. The Kier molecular flexibility index (Phi) is 12.3. The summed E-state index contributed by atoms with van der Waals surface area (Å²) in [6.07, 6.45) is 15.2. The van der Waals surface area contributed by atoms with Gasteiger partial charge < -0.3 is 10.6 Å². The third-order valence-corrected chi connectivity index (χ3v) is 5.28. The zero-order valence-electron chi connectivity index (χ0n) is 16.3. The number of anilines is 1. The van der Waals surface area contributed by atoms with E-state index in [1.165, 1.54) is 57.8 Å². The third kappa shape index (κ3) is 9.20. The normalized spacial score (nSPS) is 10.7. The standard InChI is InChI=1S/C21H36N2OS/c1-4-5-6-7-8-9-10-11-12-13-16-23-21(24)19-17-18(25-3)14-15-20(19)22-2/h14-15,17,22H,4-13,16H2,1-3H3,(H,23,24). The molecule has 0 aliphatic heterocycles. The molecule has 0 spiro atoms. The molecule has 0 aromatic heterocycles. The van der Waals surface area contributed by atoms with Crippen molar-refractivity contribution in [1.29, 1.82) is 0 Å². The van der Waals surface area contributed by atoms with Gasteiger partial charge in [-0.2, -0.15) is 0 Å². The highest BCUT2D eigenvalue weighted by atomic mass is 32.2. The van der Waals surface area contributed by atoms with E-state index in [-0.39, 0.29) is 5.91 Å². The van der Waals surface area contributed by atoms with Crippen LogP contribution in [0.2, 0.25) is 0 Å². The highest BCUT2D eigenvalue weighted by Crippen LogP contribution is 2.22. The van der Waals surface area contributed by atoms with Gasteiger partial charge in [0, 0.05) is 24.2 Å². The Morgan fingerprint density at radius 1 is 0.960 bits per heavy atom. The lowest BCUT2D eigenvalue weighted by atomic mass is 10.1. The number of hydrogen-bond donors (Lipinski definition) is 2. The first kappa shape index (κ1) is 21.9. The molecule has 0 unspecified atom stereocenters. The SMILES string of the molecule is CCCCCCCCCCCCNC(=O)c1cc(SC)ccc1NC. The fourth-order valence-electron chi connectivity index (χ4n) is 2.97. The maximum atomic E-state index is 12.4. The molecule has 0 saturated heterocycles.